The summed E-state index contributed by atoms with van der Waals surface area (Å²) in [5.74, 6) is -1.22. The van der Waals surface area contributed by atoms with Crippen molar-refractivity contribution in [3.63, 3.8) is 0 Å². The molecule has 0 aromatic carbocycles. The molecule has 9 unspecified atom stereocenters. The predicted molar refractivity (Wildman–Crippen MR) is 141 cm³/mol. The maximum Gasteiger partial charge on any atom is 0.187 e. The summed E-state index contributed by atoms with van der Waals surface area (Å²) < 4.78 is 27.6. The fourth-order valence-corrected chi connectivity index (χ4v) is 7.23. The monoisotopic (exact) mass is 643 g/mol. The molecule has 44 heavy (non-hydrogen) atoms. The highest BCUT2D eigenvalue weighted by Crippen LogP contribution is 2.42. The molecule has 0 amide bonds. The van der Waals surface area contributed by atoms with Crippen LogP contribution in [-0.2, 0) is 18.9 Å². The van der Waals surface area contributed by atoms with Crippen LogP contribution in [0.4, 0.5) is 0 Å². The zero-order chi connectivity index (χ0) is 32.2. The van der Waals surface area contributed by atoms with E-state index < -0.39 is 135 Å². The lowest BCUT2D eigenvalue weighted by Gasteiger charge is -2.49. The van der Waals surface area contributed by atoms with Gasteiger partial charge < -0.3 is 85.0 Å². The minimum atomic E-state index is -1.79. The van der Waals surface area contributed by atoms with Crippen molar-refractivity contribution in [3.05, 3.63) is 0 Å². The highest BCUT2D eigenvalue weighted by molar-refractivity contribution is 5.01. The Morgan fingerprint density at radius 1 is 0.591 bits per heavy atom. The van der Waals surface area contributed by atoms with Gasteiger partial charge in [-0.05, 0) is 26.2 Å². The molecule has 2 aliphatic carbocycles. The van der Waals surface area contributed by atoms with Crippen molar-refractivity contribution in [2.75, 3.05) is 6.61 Å². The van der Waals surface area contributed by atoms with Crippen LogP contribution in [0.15, 0.2) is 0 Å². The summed E-state index contributed by atoms with van der Waals surface area (Å²) in [6.07, 6.45) is -25.3. The molecule has 0 radical (unpaired) electrons. The summed E-state index contributed by atoms with van der Waals surface area (Å²) in [4.78, 5) is 0. The van der Waals surface area contributed by atoms with Gasteiger partial charge in [-0.15, -0.1) is 0 Å². The highest BCUT2D eigenvalue weighted by atomic mass is 16.7. The summed E-state index contributed by atoms with van der Waals surface area (Å²) in [7, 11) is 0. The third kappa shape index (κ3) is 6.67. The van der Waals surface area contributed by atoms with Crippen LogP contribution >= 0.6 is 0 Å². The normalized spacial score (nSPS) is 57.1. The molecule has 3 heterocycles. The van der Waals surface area contributed by atoms with Gasteiger partial charge in [-0.2, -0.15) is 0 Å². The first-order valence-electron chi connectivity index (χ1n) is 15.1. The van der Waals surface area contributed by atoms with Crippen LogP contribution in [-0.4, -0.2) is 189 Å². The average Bonchev–Trinajstić information content (AvgIpc) is 2.99. The SMILES string of the molecule is C[C@@H]1O[C@@H](OC[C@H]2O[C@@H](OC3CC4C(CC(O)C(O)C4O)[OH+]C3C3CC(O)C(O)C(O)C3)[C@H](O)[C@@H](O)[C@@H]2O)[C@H](O)[C@H](O)[C@H]1O. The van der Waals surface area contributed by atoms with E-state index in [2.05, 4.69) is 0 Å². The summed E-state index contributed by atoms with van der Waals surface area (Å²) in [5.41, 5.74) is 0. The van der Waals surface area contributed by atoms with E-state index in [4.69, 9.17) is 23.7 Å². The van der Waals surface area contributed by atoms with E-state index >= 15 is 0 Å². The Morgan fingerprint density at radius 2 is 1.18 bits per heavy atom. The van der Waals surface area contributed by atoms with Crippen LogP contribution < -0.4 is 0 Å². The molecule has 5 aliphatic rings. The quantitative estimate of drug-likeness (QED) is 0.120. The smallest absolute Gasteiger partial charge is 0.187 e. The van der Waals surface area contributed by atoms with E-state index in [1.165, 1.54) is 6.92 Å². The third-order valence-corrected chi connectivity index (χ3v) is 9.98. The Balaban J connectivity index is 1.32. The molecule has 0 aromatic heterocycles. The van der Waals surface area contributed by atoms with Crippen molar-refractivity contribution in [1.82, 2.24) is 0 Å². The summed E-state index contributed by atoms with van der Waals surface area (Å²) >= 11 is 0. The Labute approximate surface area is 252 Å². The Bertz CT molecular complexity index is 934. The molecule has 17 heteroatoms. The molecular formula is C27H47O17+. The largest absolute Gasteiger partial charge is 0.427 e. The fraction of sp³-hybridized carbons (Fsp3) is 1.00. The Kier molecular flexibility index (Phi) is 10.9. The number of aliphatic hydroxyl groups is 14. The number of hydrogen-bond acceptors (Lipinski definition) is 16. The molecule has 0 spiro atoms. The van der Waals surface area contributed by atoms with Crippen LogP contribution in [0.3, 0.4) is 0 Å². The van der Waals surface area contributed by atoms with Gasteiger partial charge in [0.1, 0.15) is 61.0 Å². The summed E-state index contributed by atoms with van der Waals surface area (Å²) in [6.45, 7) is 0.948. The van der Waals surface area contributed by atoms with Crippen molar-refractivity contribution in [2.45, 2.75) is 149 Å². The molecule has 5 fully saturated rings. The zero-order valence-electron chi connectivity index (χ0n) is 24.1. The first-order valence-corrected chi connectivity index (χ1v) is 15.1. The van der Waals surface area contributed by atoms with Gasteiger partial charge in [0.05, 0.1) is 43.0 Å². The molecule has 3 aliphatic heterocycles. The average molecular weight is 644 g/mol. The number of rotatable bonds is 6. The van der Waals surface area contributed by atoms with Crippen molar-refractivity contribution in [3.8, 4) is 0 Å². The van der Waals surface area contributed by atoms with E-state index in [-0.39, 0.29) is 25.7 Å². The molecule has 13 N–H and O–H groups in total. The van der Waals surface area contributed by atoms with E-state index in [9.17, 15) is 61.3 Å². The molecular weight excluding hydrogens is 596 g/mol. The summed E-state index contributed by atoms with van der Waals surface area (Å²) in [6, 6.07) is 0. The van der Waals surface area contributed by atoms with Crippen LogP contribution in [0.25, 0.3) is 0 Å². The zero-order valence-corrected chi connectivity index (χ0v) is 24.1. The number of fused-ring (bicyclic) bond motifs is 1. The minimum absolute atomic E-state index is 0.0337. The van der Waals surface area contributed by atoms with E-state index in [1.807, 2.05) is 0 Å². The fourth-order valence-electron chi connectivity index (χ4n) is 7.23. The minimum Gasteiger partial charge on any atom is -0.427 e. The third-order valence-electron chi connectivity index (χ3n) is 9.98. The Morgan fingerprint density at radius 3 is 1.84 bits per heavy atom. The second-order valence-corrected chi connectivity index (χ2v) is 13.0. The molecule has 2 saturated carbocycles. The lowest BCUT2D eigenvalue weighted by molar-refractivity contribution is -0.365. The summed E-state index contributed by atoms with van der Waals surface area (Å²) in [5, 5.41) is 124. The van der Waals surface area contributed by atoms with Gasteiger partial charge in [-0.1, -0.05) is 0 Å². The topological polar surface area (TPSA) is 292 Å². The predicted octanol–water partition coefficient (Wildman–Crippen LogP) is -6.71. The molecule has 0 bridgehead atoms. The first kappa shape index (κ1) is 34.6. The maximum absolute atomic E-state index is 10.8. The highest BCUT2D eigenvalue weighted by Gasteiger charge is 2.57. The second kappa shape index (κ2) is 13.8. The van der Waals surface area contributed by atoms with Crippen molar-refractivity contribution < 1.29 is 85.0 Å². The second-order valence-electron chi connectivity index (χ2n) is 13.0. The van der Waals surface area contributed by atoms with E-state index in [0.29, 0.717) is 0 Å². The van der Waals surface area contributed by atoms with Gasteiger partial charge in [0.15, 0.2) is 24.8 Å². The Hall–Kier alpha value is -0.680. The van der Waals surface area contributed by atoms with Gasteiger partial charge in [-0.3, -0.25) is 0 Å². The van der Waals surface area contributed by atoms with E-state index in [1.54, 1.807) is 0 Å². The molecule has 256 valence electrons. The van der Waals surface area contributed by atoms with Gasteiger partial charge in [0.25, 0.3) is 0 Å². The molecule has 0 aromatic rings. The maximum atomic E-state index is 10.8. The molecule has 19 atom stereocenters. The van der Waals surface area contributed by atoms with Crippen molar-refractivity contribution in [2.24, 2.45) is 11.8 Å². The van der Waals surface area contributed by atoms with Crippen molar-refractivity contribution >= 4 is 0 Å². The lowest BCUT2D eigenvalue weighted by atomic mass is 9.71. The van der Waals surface area contributed by atoms with Crippen LogP contribution in [0.5, 0.6) is 0 Å². The number of hydrogen-bond donors (Lipinski definition) is 12. The van der Waals surface area contributed by atoms with Gasteiger partial charge in [-0.25, -0.2) is 0 Å². The number of ether oxygens (including phenoxy) is 5. The standard InChI is InChI=1S/C27H46O17/c1-7-16(31)21(36)23(38)26(41-7)40-6-15-20(35)22(37)24(39)27(44-15)43-14-4-9-13(5-12(30)19(34)17(9)32)42-25(14)8-2-10(28)18(33)11(29)3-8/h7-39H,2-6H2,1H3/p+1/t7-,8?,9?,10?,11?,12?,13?,14?,15+,16-,17?,18?,19?,20+,21+,22-,23+,24+,25?,26+,27+/m0/s1. The number of aliphatic hydroxyl groups excluding tert-OH is 12. The van der Waals surface area contributed by atoms with Crippen LogP contribution in [0, 0.1) is 11.8 Å². The molecule has 3 saturated heterocycles. The van der Waals surface area contributed by atoms with Crippen LogP contribution in [0.1, 0.15) is 32.6 Å². The molecule has 17 nitrogen and oxygen atoms in total. The van der Waals surface area contributed by atoms with Crippen molar-refractivity contribution in [1.29, 1.82) is 0 Å². The van der Waals surface area contributed by atoms with Crippen LogP contribution in [0.2, 0.25) is 0 Å². The molecule has 5 rings (SSSR count). The van der Waals surface area contributed by atoms with E-state index in [0.717, 1.165) is 0 Å². The van der Waals surface area contributed by atoms with Gasteiger partial charge in [0, 0.05) is 12.3 Å². The first-order chi connectivity index (χ1) is 20.7. The lowest BCUT2D eigenvalue weighted by Crippen LogP contribution is -2.65. The van der Waals surface area contributed by atoms with Gasteiger partial charge in [0.2, 0.25) is 0 Å². The van der Waals surface area contributed by atoms with Gasteiger partial charge >= 0.3 is 0 Å².